The number of nitrogens with zero attached hydrogens (tertiary/aromatic N) is 4. The van der Waals surface area contributed by atoms with Gasteiger partial charge >= 0.3 is 5.97 Å². The van der Waals surface area contributed by atoms with Gasteiger partial charge in [-0.25, -0.2) is 0 Å². The van der Waals surface area contributed by atoms with Crippen molar-refractivity contribution in [3.8, 4) is 0 Å². The molecule has 1 heterocycles. The van der Waals surface area contributed by atoms with Gasteiger partial charge in [-0.1, -0.05) is 291 Å². The first-order valence-corrected chi connectivity index (χ1v) is 42.8. The van der Waals surface area contributed by atoms with Crippen LogP contribution >= 0.6 is 21.6 Å². The molecule has 93 heavy (non-hydrogen) atoms. The van der Waals surface area contributed by atoms with E-state index in [4.69, 9.17) is 4.74 Å². The Hall–Kier alpha value is -1.19. The highest BCUT2D eigenvalue weighted by Crippen LogP contribution is 2.24. The van der Waals surface area contributed by atoms with Gasteiger partial charge in [-0.3, -0.25) is 24.4 Å². The van der Waals surface area contributed by atoms with Crippen molar-refractivity contribution in [3.63, 3.8) is 0 Å². The van der Waals surface area contributed by atoms with Gasteiger partial charge in [-0.05, 0) is 129 Å². The van der Waals surface area contributed by atoms with Crippen LogP contribution in [0.4, 0.5) is 0 Å². The second-order valence-corrected chi connectivity index (χ2v) is 30.8. The number of esters is 1. The summed E-state index contributed by atoms with van der Waals surface area (Å²) in [6, 6.07) is 0. The molecule has 0 saturated carbocycles. The zero-order valence-electron chi connectivity index (χ0n) is 61.9. The standard InChI is InChI=1S/C81H156N4O6S2/c1-5-9-13-17-21-25-29-31-33-35-39-43-47-49-57-77(86)73-84(74-78(87)58-50-48-44-40-36-34-32-30-26-22-18-14-10-6-2)62-54-53-61-81(90)91-70-68-82-64-66-83(67-65-82)69-72-93-92-71-56-55-63-85(75-79(88)59-51-45-41-37-27-23-19-15-11-7-3)76-80(89)60-52-46-42-38-28-24-20-16-12-8-4/h21-22,25-26,31-34,77-80,86-89H,5-20,23-24,27-30,35-76H2,1-4H3/b25-21-,26-22-,33-31-,34-32-. The Labute approximate surface area is 585 Å². The molecule has 10 nitrogen and oxygen atoms in total. The minimum Gasteiger partial charge on any atom is -0.464 e. The number of unbranched alkanes of at least 4 members (excludes halogenated alkanes) is 34. The van der Waals surface area contributed by atoms with Crippen LogP contribution < -0.4 is 0 Å². The van der Waals surface area contributed by atoms with Crippen LogP contribution in [0, 0.1) is 0 Å². The van der Waals surface area contributed by atoms with E-state index >= 15 is 0 Å². The van der Waals surface area contributed by atoms with E-state index in [1.807, 2.05) is 21.6 Å². The number of rotatable bonds is 73. The lowest BCUT2D eigenvalue weighted by atomic mass is 10.0. The number of aliphatic hydroxyl groups is 4. The number of allylic oxidation sites excluding steroid dienone is 8. The first-order chi connectivity index (χ1) is 45.7. The summed E-state index contributed by atoms with van der Waals surface area (Å²) in [5.74, 6) is 2.13. The molecular weight excluding hydrogens is 1190 g/mol. The minimum atomic E-state index is -0.411. The van der Waals surface area contributed by atoms with Crippen molar-refractivity contribution >= 4 is 27.6 Å². The van der Waals surface area contributed by atoms with Crippen LogP contribution in [0.1, 0.15) is 342 Å². The van der Waals surface area contributed by atoms with Gasteiger partial charge in [0.25, 0.3) is 0 Å². The van der Waals surface area contributed by atoms with Crippen molar-refractivity contribution in [1.29, 1.82) is 0 Å². The molecule has 0 amide bonds. The maximum Gasteiger partial charge on any atom is 0.305 e. The van der Waals surface area contributed by atoms with Crippen molar-refractivity contribution in [3.05, 3.63) is 48.6 Å². The lowest BCUT2D eigenvalue weighted by molar-refractivity contribution is -0.144. The summed E-state index contributed by atoms with van der Waals surface area (Å²) in [6.45, 7) is 19.7. The molecule has 0 aromatic heterocycles. The molecule has 1 aliphatic rings. The first kappa shape index (κ1) is 89.8. The first-order valence-electron chi connectivity index (χ1n) is 40.3. The van der Waals surface area contributed by atoms with E-state index in [2.05, 4.69) is 95.9 Å². The molecule has 0 spiro atoms. The normalized spacial score (nSPS) is 15.0. The van der Waals surface area contributed by atoms with E-state index in [-0.39, 0.29) is 18.2 Å². The fourth-order valence-electron chi connectivity index (χ4n) is 12.8. The zero-order chi connectivity index (χ0) is 67.2. The average Bonchev–Trinajstić information content (AvgIpc) is 3.77. The second-order valence-electron chi connectivity index (χ2n) is 28.1. The van der Waals surface area contributed by atoms with Crippen LogP contribution in [0.3, 0.4) is 0 Å². The number of hydrogen-bond acceptors (Lipinski definition) is 12. The molecule has 1 saturated heterocycles. The number of piperazine rings is 1. The SMILES string of the molecule is CCCCC/C=C\C/C=C\CCCCCCC(O)CN(CCCCC(=O)OCCN1CCN(CCSSCCCCN(CC(O)CCCCCCCCCCCC)CC(O)CCCCCCCCCCCC)CC1)CC(O)CCCCCC/C=C\C/C=C\CCCCC. The molecule has 12 heteroatoms. The van der Waals surface area contributed by atoms with E-state index in [0.29, 0.717) is 39.2 Å². The Morgan fingerprint density at radius 3 is 1.04 bits per heavy atom. The van der Waals surface area contributed by atoms with Gasteiger partial charge in [-0.15, -0.1) is 0 Å². The molecule has 1 rings (SSSR count). The molecule has 0 bridgehead atoms. The van der Waals surface area contributed by atoms with Crippen molar-refractivity contribution in [2.75, 3.05) is 96.6 Å². The van der Waals surface area contributed by atoms with E-state index in [1.165, 1.54) is 193 Å². The van der Waals surface area contributed by atoms with Gasteiger partial charge in [0.2, 0.25) is 0 Å². The summed E-state index contributed by atoms with van der Waals surface area (Å²) in [5.41, 5.74) is 0. The highest BCUT2D eigenvalue weighted by molar-refractivity contribution is 8.76. The van der Waals surface area contributed by atoms with Crippen LogP contribution in [0.25, 0.3) is 0 Å². The molecule has 0 aliphatic carbocycles. The van der Waals surface area contributed by atoms with Crippen molar-refractivity contribution in [2.45, 2.75) is 367 Å². The smallest absolute Gasteiger partial charge is 0.305 e. The number of aliphatic hydroxyl groups excluding tert-OH is 4. The summed E-state index contributed by atoms with van der Waals surface area (Å²) in [5, 5.41) is 44.6. The average molecular weight is 1350 g/mol. The molecule has 4 atom stereocenters. The Morgan fingerprint density at radius 2 is 0.667 bits per heavy atom. The van der Waals surface area contributed by atoms with Gasteiger partial charge in [0.1, 0.15) is 6.61 Å². The third-order valence-corrected chi connectivity index (χ3v) is 21.4. The quantitative estimate of drug-likeness (QED) is 0.0201. The van der Waals surface area contributed by atoms with Gasteiger partial charge in [0, 0.05) is 83.4 Å². The number of hydrogen-bond donors (Lipinski definition) is 4. The molecule has 0 radical (unpaired) electrons. The molecule has 0 aromatic rings. The predicted molar refractivity (Wildman–Crippen MR) is 411 cm³/mol. The fraction of sp³-hybridized carbons (Fsp3) is 0.889. The van der Waals surface area contributed by atoms with E-state index < -0.39 is 12.2 Å². The molecule has 4 N–H and O–H groups in total. The highest BCUT2D eigenvalue weighted by Gasteiger charge is 2.20. The van der Waals surface area contributed by atoms with Gasteiger partial charge in [0.15, 0.2) is 0 Å². The third-order valence-electron chi connectivity index (χ3n) is 18.9. The predicted octanol–water partition coefficient (Wildman–Crippen LogP) is 21.0. The lowest BCUT2D eigenvalue weighted by Gasteiger charge is -2.34. The van der Waals surface area contributed by atoms with Crippen molar-refractivity contribution < 1.29 is 30.0 Å². The number of carbonyl (C=O) groups is 1. The van der Waals surface area contributed by atoms with E-state index in [0.717, 1.165) is 179 Å². The van der Waals surface area contributed by atoms with Crippen LogP contribution in [0.15, 0.2) is 48.6 Å². The Kier molecular flexibility index (Phi) is 69.6. The van der Waals surface area contributed by atoms with Crippen LogP contribution in [0.2, 0.25) is 0 Å². The van der Waals surface area contributed by atoms with Crippen molar-refractivity contribution in [1.82, 2.24) is 19.6 Å². The molecule has 4 unspecified atom stereocenters. The monoisotopic (exact) mass is 1350 g/mol. The van der Waals surface area contributed by atoms with Crippen LogP contribution in [0.5, 0.6) is 0 Å². The summed E-state index contributed by atoms with van der Waals surface area (Å²) in [4.78, 5) is 22.5. The largest absolute Gasteiger partial charge is 0.464 e. The Balaban J connectivity index is 2.41. The lowest BCUT2D eigenvalue weighted by Crippen LogP contribution is -2.47. The van der Waals surface area contributed by atoms with Crippen molar-refractivity contribution in [2.24, 2.45) is 0 Å². The Morgan fingerprint density at radius 1 is 0.366 bits per heavy atom. The van der Waals surface area contributed by atoms with Crippen LogP contribution in [-0.2, 0) is 9.53 Å². The summed E-state index contributed by atoms with van der Waals surface area (Å²) < 4.78 is 5.75. The topological polar surface area (TPSA) is 120 Å². The minimum absolute atomic E-state index is 0.121. The molecular formula is C81H156N4O6S2. The van der Waals surface area contributed by atoms with Gasteiger partial charge in [-0.2, -0.15) is 0 Å². The molecule has 1 aliphatic heterocycles. The molecule has 548 valence electrons. The maximum absolute atomic E-state index is 12.9. The highest BCUT2D eigenvalue weighted by atomic mass is 33.1. The number of carbonyl (C=O) groups excluding carboxylic acids is 1. The van der Waals surface area contributed by atoms with Crippen LogP contribution in [-0.4, -0.2) is 167 Å². The van der Waals surface area contributed by atoms with E-state index in [9.17, 15) is 25.2 Å². The summed E-state index contributed by atoms with van der Waals surface area (Å²) in [6.07, 6.45) is 74.5. The van der Waals surface area contributed by atoms with E-state index in [1.54, 1.807) is 0 Å². The molecule has 0 aromatic carbocycles. The number of ether oxygens (including phenoxy) is 1. The summed E-state index contributed by atoms with van der Waals surface area (Å²) in [7, 11) is 3.99. The molecule has 1 fully saturated rings. The fourth-order valence-corrected chi connectivity index (χ4v) is 15.0. The summed E-state index contributed by atoms with van der Waals surface area (Å²) >= 11 is 0. The third kappa shape index (κ3) is 65.2. The second kappa shape index (κ2) is 72.1. The van der Waals surface area contributed by atoms with Gasteiger partial charge in [0.05, 0.1) is 24.4 Å². The Bertz CT molecular complexity index is 1560. The zero-order valence-corrected chi connectivity index (χ0v) is 63.5. The maximum atomic E-state index is 12.9. The van der Waals surface area contributed by atoms with Gasteiger partial charge < -0.3 is 25.2 Å².